The van der Waals surface area contributed by atoms with Gasteiger partial charge in [-0.15, -0.1) is 0 Å². The molecule has 0 spiro atoms. The van der Waals surface area contributed by atoms with Gasteiger partial charge in [0.2, 0.25) is 11.8 Å². The Bertz CT molecular complexity index is 1080. The summed E-state index contributed by atoms with van der Waals surface area (Å²) in [7, 11) is 0. The predicted molar refractivity (Wildman–Crippen MR) is 150 cm³/mol. The summed E-state index contributed by atoms with van der Waals surface area (Å²) in [5.74, 6) is -0.828. The number of nitrogens with zero attached hydrogens (tertiary/aromatic N) is 1. The predicted octanol–water partition coefficient (Wildman–Crippen LogP) is 4.01. The summed E-state index contributed by atoms with van der Waals surface area (Å²) in [6, 6.07) is 11.5. The molecule has 0 aliphatic heterocycles. The molecule has 0 aliphatic rings. The molecule has 0 bridgehead atoms. The number of aliphatic hydroxyl groups excluding tert-OH is 1. The number of hydrogen-bond acceptors (Lipinski definition) is 6. The first-order chi connectivity index (χ1) is 18.5. The van der Waals surface area contributed by atoms with E-state index in [0.717, 1.165) is 24.8 Å². The second kappa shape index (κ2) is 15.1. The Labute approximate surface area is 231 Å². The Balaban J connectivity index is 2.48. The third-order valence-electron chi connectivity index (χ3n) is 6.11. The number of ether oxygens (including phenoxy) is 1. The summed E-state index contributed by atoms with van der Waals surface area (Å²) in [4.78, 5) is 41.8. The van der Waals surface area contributed by atoms with Crippen LogP contribution in [0.5, 0.6) is 5.75 Å². The van der Waals surface area contributed by atoms with Crippen molar-refractivity contribution in [2.45, 2.75) is 78.0 Å². The molecule has 214 valence electrons. The average Bonchev–Trinajstić information content (AvgIpc) is 2.86. The van der Waals surface area contributed by atoms with Crippen LogP contribution >= 0.6 is 0 Å². The molecule has 2 unspecified atom stereocenters. The van der Waals surface area contributed by atoms with Crippen LogP contribution in [-0.4, -0.2) is 64.4 Å². The Kier molecular flexibility index (Phi) is 12.3. The molecular weight excluding hydrogens is 498 g/mol. The highest BCUT2D eigenvalue weighted by molar-refractivity contribution is 5.92. The van der Waals surface area contributed by atoms with Crippen LogP contribution in [0.2, 0.25) is 0 Å². The van der Waals surface area contributed by atoms with E-state index in [4.69, 9.17) is 4.74 Å². The molecule has 0 heterocycles. The number of unbranched alkanes of at least 4 members (excludes halogenated alkanes) is 2. The molecule has 9 nitrogen and oxygen atoms in total. The second-order valence-electron chi connectivity index (χ2n) is 10.6. The molecule has 2 atom stereocenters. The fourth-order valence-corrected chi connectivity index (χ4v) is 4.22. The maximum Gasteiger partial charge on any atom is 0.408 e. The highest BCUT2D eigenvalue weighted by Gasteiger charge is 2.36. The van der Waals surface area contributed by atoms with Gasteiger partial charge >= 0.3 is 6.09 Å². The Hall–Kier alpha value is -3.59. The van der Waals surface area contributed by atoms with Crippen LogP contribution in [0.25, 0.3) is 0 Å². The van der Waals surface area contributed by atoms with Crippen molar-refractivity contribution >= 4 is 17.9 Å². The van der Waals surface area contributed by atoms with Gasteiger partial charge in [0.15, 0.2) is 0 Å². The smallest absolute Gasteiger partial charge is 0.408 e. The number of hydrogen-bond donors (Lipinski definition) is 4. The number of phenols is 1. The van der Waals surface area contributed by atoms with Gasteiger partial charge in [0.25, 0.3) is 0 Å². The largest absolute Gasteiger partial charge is 0.508 e. The van der Waals surface area contributed by atoms with E-state index in [1.54, 1.807) is 45.0 Å². The van der Waals surface area contributed by atoms with Gasteiger partial charge in [-0.2, -0.15) is 0 Å². The lowest BCUT2D eigenvalue weighted by atomic mass is 9.97. The molecule has 0 aromatic heterocycles. The zero-order valence-electron chi connectivity index (χ0n) is 23.7. The van der Waals surface area contributed by atoms with Crippen molar-refractivity contribution in [2.24, 2.45) is 0 Å². The standard InChI is InChI=1S/C30H43N3O6/c1-6-7-10-17-31-27(36)26(24-12-9-8-11-21(24)2)33(18-19-34)28(37)25(32-29(38)39-30(3,4)5)20-22-13-15-23(35)16-14-22/h8-9,11-16,25-26,34-35H,6-7,10,17-20H2,1-5H3,(H,31,36)(H,32,38). The number of aryl methyl sites for hydroxylation is 1. The van der Waals surface area contributed by atoms with Gasteiger partial charge in [0.05, 0.1) is 6.61 Å². The van der Waals surface area contributed by atoms with Crippen molar-refractivity contribution in [1.29, 1.82) is 0 Å². The number of carbonyl (C=O) groups excluding carboxylic acids is 3. The third kappa shape index (κ3) is 10.2. The van der Waals surface area contributed by atoms with Crippen molar-refractivity contribution < 1.29 is 29.3 Å². The fourth-order valence-electron chi connectivity index (χ4n) is 4.22. The third-order valence-corrected chi connectivity index (χ3v) is 6.11. The topological polar surface area (TPSA) is 128 Å². The molecular formula is C30H43N3O6. The molecule has 0 saturated heterocycles. The van der Waals surface area contributed by atoms with Gasteiger partial charge in [-0.1, -0.05) is 56.2 Å². The molecule has 0 aliphatic carbocycles. The summed E-state index contributed by atoms with van der Waals surface area (Å²) >= 11 is 0. The summed E-state index contributed by atoms with van der Waals surface area (Å²) in [6.45, 7) is 9.06. The zero-order valence-corrected chi connectivity index (χ0v) is 23.7. The van der Waals surface area contributed by atoms with Crippen LogP contribution in [0.15, 0.2) is 48.5 Å². The van der Waals surface area contributed by atoms with Crippen molar-refractivity contribution in [2.75, 3.05) is 19.7 Å². The van der Waals surface area contributed by atoms with E-state index in [-0.39, 0.29) is 31.2 Å². The first-order valence-corrected chi connectivity index (χ1v) is 13.5. The van der Waals surface area contributed by atoms with Crippen LogP contribution in [0.3, 0.4) is 0 Å². The molecule has 4 N–H and O–H groups in total. The number of benzene rings is 2. The lowest BCUT2D eigenvalue weighted by molar-refractivity contribution is -0.143. The van der Waals surface area contributed by atoms with E-state index in [1.807, 2.05) is 19.1 Å². The Morgan fingerprint density at radius 3 is 2.28 bits per heavy atom. The van der Waals surface area contributed by atoms with Gasteiger partial charge in [-0.25, -0.2) is 4.79 Å². The molecule has 0 saturated carbocycles. The molecule has 0 radical (unpaired) electrons. The zero-order chi connectivity index (χ0) is 29.0. The molecule has 0 fully saturated rings. The molecule has 3 amide bonds. The van der Waals surface area contributed by atoms with Crippen LogP contribution in [-0.2, 0) is 20.7 Å². The number of alkyl carbamates (subject to hydrolysis) is 1. The van der Waals surface area contributed by atoms with Crippen LogP contribution in [0.1, 0.15) is 69.7 Å². The second-order valence-corrected chi connectivity index (χ2v) is 10.6. The minimum Gasteiger partial charge on any atom is -0.508 e. The normalized spacial score (nSPS) is 12.8. The van der Waals surface area contributed by atoms with E-state index in [0.29, 0.717) is 17.7 Å². The summed E-state index contributed by atoms with van der Waals surface area (Å²) in [5, 5.41) is 25.3. The van der Waals surface area contributed by atoms with E-state index in [2.05, 4.69) is 17.6 Å². The SMILES string of the molecule is CCCCCNC(=O)C(c1ccccc1C)N(CCO)C(=O)C(Cc1ccc(O)cc1)NC(=O)OC(C)(C)C. The molecule has 2 aromatic carbocycles. The maximum atomic E-state index is 14.1. The summed E-state index contributed by atoms with van der Waals surface area (Å²) < 4.78 is 5.41. The van der Waals surface area contributed by atoms with Crippen LogP contribution in [0.4, 0.5) is 4.79 Å². The Morgan fingerprint density at radius 1 is 1.03 bits per heavy atom. The maximum absolute atomic E-state index is 14.1. The molecule has 2 rings (SSSR count). The van der Waals surface area contributed by atoms with Gasteiger partial charge in [0, 0.05) is 19.5 Å². The number of amides is 3. The number of rotatable bonds is 13. The monoisotopic (exact) mass is 541 g/mol. The number of aromatic hydroxyl groups is 1. The van der Waals surface area contributed by atoms with Crippen molar-refractivity contribution in [3.63, 3.8) is 0 Å². The number of aliphatic hydroxyl groups is 1. The lowest BCUT2D eigenvalue weighted by Crippen LogP contribution is -2.54. The van der Waals surface area contributed by atoms with Gasteiger partial charge in [-0.05, 0) is 62.9 Å². The van der Waals surface area contributed by atoms with E-state index in [9.17, 15) is 24.6 Å². The minimum atomic E-state index is -1.10. The van der Waals surface area contributed by atoms with Crippen LogP contribution < -0.4 is 10.6 Å². The van der Waals surface area contributed by atoms with Gasteiger partial charge in [-0.3, -0.25) is 9.59 Å². The van der Waals surface area contributed by atoms with E-state index >= 15 is 0 Å². The highest BCUT2D eigenvalue weighted by Crippen LogP contribution is 2.26. The number of carbonyl (C=O) groups is 3. The first kappa shape index (κ1) is 31.6. The number of phenolic OH excluding ortho intramolecular Hbond substituents is 1. The molecule has 39 heavy (non-hydrogen) atoms. The van der Waals surface area contributed by atoms with Crippen LogP contribution in [0, 0.1) is 6.92 Å². The quantitative estimate of drug-likeness (QED) is 0.284. The first-order valence-electron chi connectivity index (χ1n) is 13.5. The Morgan fingerprint density at radius 2 is 1.69 bits per heavy atom. The van der Waals surface area contributed by atoms with Crippen molar-refractivity contribution in [3.05, 3.63) is 65.2 Å². The average molecular weight is 542 g/mol. The lowest BCUT2D eigenvalue weighted by Gasteiger charge is -2.34. The van der Waals surface area contributed by atoms with Crippen molar-refractivity contribution in [3.8, 4) is 5.75 Å². The van der Waals surface area contributed by atoms with Crippen molar-refractivity contribution in [1.82, 2.24) is 15.5 Å². The number of nitrogens with one attached hydrogen (secondary N) is 2. The van der Waals surface area contributed by atoms with E-state index < -0.39 is 29.7 Å². The minimum absolute atomic E-state index is 0.0722. The summed E-state index contributed by atoms with van der Waals surface area (Å²) in [5.41, 5.74) is 1.34. The fraction of sp³-hybridized carbons (Fsp3) is 0.500. The highest BCUT2D eigenvalue weighted by atomic mass is 16.6. The van der Waals surface area contributed by atoms with Gasteiger partial charge in [0.1, 0.15) is 23.4 Å². The molecule has 9 heteroatoms. The van der Waals surface area contributed by atoms with E-state index in [1.165, 1.54) is 17.0 Å². The van der Waals surface area contributed by atoms with Gasteiger partial charge < -0.3 is 30.5 Å². The molecule has 2 aromatic rings. The summed E-state index contributed by atoms with van der Waals surface area (Å²) in [6.07, 6.45) is 2.07.